The molecule has 1 heterocycles. The minimum absolute atomic E-state index is 0.119. The van der Waals surface area contributed by atoms with E-state index < -0.39 is 0 Å². The molecule has 0 spiro atoms. The van der Waals surface area contributed by atoms with Crippen molar-refractivity contribution in [3.8, 4) is 5.75 Å². The molecule has 1 aromatic carbocycles. The molecule has 0 saturated heterocycles. The van der Waals surface area contributed by atoms with E-state index in [1.165, 1.54) is 4.90 Å². The van der Waals surface area contributed by atoms with Crippen molar-refractivity contribution in [3.63, 3.8) is 0 Å². The van der Waals surface area contributed by atoms with Crippen molar-refractivity contribution in [1.82, 2.24) is 9.78 Å². The molecule has 1 aromatic heterocycles. The highest BCUT2D eigenvalue weighted by molar-refractivity contribution is 9.10. The number of ether oxygens (including phenoxy) is 1. The lowest BCUT2D eigenvalue weighted by molar-refractivity contribution is 0.405. The Morgan fingerprint density at radius 1 is 1.53 bits per heavy atom. The van der Waals surface area contributed by atoms with E-state index in [9.17, 15) is 0 Å². The Labute approximate surface area is 125 Å². The molecule has 0 aliphatic carbocycles. The smallest absolute Gasteiger partial charge is 0.161 e. The van der Waals surface area contributed by atoms with Crippen molar-refractivity contribution in [2.45, 2.75) is 10.9 Å². The normalized spacial score (nSPS) is 12.4. The number of aryl methyl sites for hydroxylation is 1. The number of nitrogens with zero attached hydrogens (tertiary/aromatic N) is 2. The first-order valence-corrected chi connectivity index (χ1v) is 7.59. The number of hydrogen-bond acceptors (Lipinski definition) is 4. The van der Waals surface area contributed by atoms with E-state index in [0.29, 0.717) is 0 Å². The Morgan fingerprint density at radius 2 is 2.32 bits per heavy atom. The predicted octanol–water partition coefficient (Wildman–Crippen LogP) is 2.98. The second kappa shape index (κ2) is 6.45. The summed E-state index contributed by atoms with van der Waals surface area (Å²) in [6.45, 7) is 0. The van der Waals surface area contributed by atoms with Crippen LogP contribution in [0.3, 0.4) is 0 Å². The lowest BCUT2D eigenvalue weighted by atomic mass is 10.2. The Kier molecular flexibility index (Phi) is 4.90. The third-order valence-electron chi connectivity index (χ3n) is 2.75. The SMILES string of the molecule is COc1cnn(C)c1C(N)CSc1cccc(Br)c1. The van der Waals surface area contributed by atoms with Gasteiger partial charge in [-0.15, -0.1) is 11.8 Å². The fourth-order valence-electron chi connectivity index (χ4n) is 1.83. The van der Waals surface area contributed by atoms with Crippen molar-refractivity contribution in [3.05, 3.63) is 40.6 Å². The summed E-state index contributed by atoms with van der Waals surface area (Å²) < 4.78 is 8.12. The number of benzene rings is 1. The molecule has 0 amide bonds. The highest BCUT2D eigenvalue weighted by Crippen LogP contribution is 2.29. The summed E-state index contributed by atoms with van der Waals surface area (Å²) in [7, 11) is 3.51. The van der Waals surface area contributed by atoms with Gasteiger partial charge in [-0.25, -0.2) is 0 Å². The van der Waals surface area contributed by atoms with Crippen molar-refractivity contribution in [2.24, 2.45) is 12.8 Å². The van der Waals surface area contributed by atoms with Crippen molar-refractivity contribution in [1.29, 1.82) is 0 Å². The highest BCUT2D eigenvalue weighted by Gasteiger charge is 2.17. The van der Waals surface area contributed by atoms with E-state index in [0.717, 1.165) is 21.7 Å². The Hall–Kier alpha value is -0.980. The zero-order chi connectivity index (χ0) is 13.8. The molecule has 1 atom stereocenters. The molecular formula is C13H16BrN3OS. The molecule has 6 heteroatoms. The molecule has 0 aliphatic heterocycles. The summed E-state index contributed by atoms with van der Waals surface area (Å²) in [5, 5.41) is 4.17. The Morgan fingerprint density at radius 3 is 3.00 bits per heavy atom. The molecule has 2 rings (SSSR count). The zero-order valence-corrected chi connectivity index (χ0v) is 13.2. The van der Waals surface area contributed by atoms with E-state index >= 15 is 0 Å². The van der Waals surface area contributed by atoms with Gasteiger partial charge in [0.15, 0.2) is 5.75 Å². The number of nitrogens with two attached hydrogens (primary N) is 1. The maximum absolute atomic E-state index is 6.23. The van der Waals surface area contributed by atoms with Crippen molar-refractivity contribution >= 4 is 27.7 Å². The zero-order valence-electron chi connectivity index (χ0n) is 10.8. The average molecular weight is 342 g/mol. The third-order valence-corrected chi connectivity index (χ3v) is 4.35. The van der Waals surface area contributed by atoms with Gasteiger partial charge in [-0.3, -0.25) is 4.68 Å². The van der Waals surface area contributed by atoms with Crippen LogP contribution in [0.2, 0.25) is 0 Å². The van der Waals surface area contributed by atoms with Gasteiger partial charge in [0, 0.05) is 22.2 Å². The van der Waals surface area contributed by atoms with E-state index in [4.69, 9.17) is 10.5 Å². The quantitative estimate of drug-likeness (QED) is 0.849. The molecule has 2 N–H and O–H groups in total. The molecule has 19 heavy (non-hydrogen) atoms. The van der Waals surface area contributed by atoms with Gasteiger partial charge in [0.05, 0.1) is 25.0 Å². The monoisotopic (exact) mass is 341 g/mol. The van der Waals surface area contributed by atoms with Gasteiger partial charge < -0.3 is 10.5 Å². The van der Waals surface area contributed by atoms with Crippen LogP contribution in [-0.4, -0.2) is 22.6 Å². The standard InChI is InChI=1S/C13H16BrN3OS/c1-17-13(12(18-2)7-16-17)11(15)8-19-10-5-3-4-9(14)6-10/h3-7,11H,8,15H2,1-2H3. The molecule has 4 nitrogen and oxygen atoms in total. The van der Waals surface area contributed by atoms with Gasteiger partial charge in [-0.2, -0.15) is 5.10 Å². The van der Waals surface area contributed by atoms with Crippen LogP contribution in [0, 0.1) is 0 Å². The summed E-state index contributed by atoms with van der Waals surface area (Å²) in [6.07, 6.45) is 1.69. The van der Waals surface area contributed by atoms with Crippen LogP contribution in [0.15, 0.2) is 39.8 Å². The molecular weight excluding hydrogens is 326 g/mol. The summed E-state index contributed by atoms with van der Waals surface area (Å²) >= 11 is 5.18. The van der Waals surface area contributed by atoms with Gasteiger partial charge >= 0.3 is 0 Å². The Balaban J connectivity index is 2.05. The van der Waals surface area contributed by atoms with Crippen LogP contribution in [0.25, 0.3) is 0 Å². The van der Waals surface area contributed by atoms with Gasteiger partial charge in [0.1, 0.15) is 0 Å². The number of aromatic nitrogens is 2. The number of hydrogen-bond donors (Lipinski definition) is 1. The maximum atomic E-state index is 6.23. The van der Waals surface area contributed by atoms with Gasteiger partial charge in [0.2, 0.25) is 0 Å². The van der Waals surface area contributed by atoms with Crippen LogP contribution in [-0.2, 0) is 7.05 Å². The highest BCUT2D eigenvalue weighted by atomic mass is 79.9. The van der Waals surface area contributed by atoms with E-state index in [2.05, 4.69) is 33.2 Å². The van der Waals surface area contributed by atoms with Crippen LogP contribution < -0.4 is 10.5 Å². The fourth-order valence-corrected chi connectivity index (χ4v) is 3.29. The number of halogens is 1. The molecule has 0 saturated carbocycles. The lowest BCUT2D eigenvalue weighted by Gasteiger charge is -2.13. The minimum Gasteiger partial charge on any atom is -0.493 e. The largest absolute Gasteiger partial charge is 0.493 e. The second-order valence-electron chi connectivity index (χ2n) is 4.10. The van der Waals surface area contributed by atoms with Crippen LogP contribution in [0.1, 0.15) is 11.7 Å². The average Bonchev–Trinajstić information content (AvgIpc) is 2.77. The first-order valence-electron chi connectivity index (χ1n) is 5.81. The van der Waals surface area contributed by atoms with Crippen LogP contribution in [0.4, 0.5) is 0 Å². The minimum atomic E-state index is -0.119. The number of rotatable bonds is 5. The van der Waals surface area contributed by atoms with E-state index in [-0.39, 0.29) is 6.04 Å². The molecule has 1 unspecified atom stereocenters. The number of thioether (sulfide) groups is 1. The lowest BCUT2D eigenvalue weighted by Crippen LogP contribution is -2.17. The fraction of sp³-hybridized carbons (Fsp3) is 0.308. The van der Waals surface area contributed by atoms with Gasteiger partial charge in [0.25, 0.3) is 0 Å². The van der Waals surface area contributed by atoms with Gasteiger partial charge in [-0.05, 0) is 18.2 Å². The van der Waals surface area contributed by atoms with Gasteiger partial charge in [-0.1, -0.05) is 22.0 Å². The van der Waals surface area contributed by atoms with Crippen LogP contribution in [0.5, 0.6) is 5.75 Å². The summed E-state index contributed by atoms with van der Waals surface area (Å²) in [5.74, 6) is 1.51. The summed E-state index contributed by atoms with van der Waals surface area (Å²) in [6, 6.07) is 8.06. The number of methoxy groups -OCH3 is 1. The van der Waals surface area contributed by atoms with Crippen molar-refractivity contribution in [2.75, 3.05) is 12.9 Å². The van der Waals surface area contributed by atoms with E-state index in [1.54, 1.807) is 29.8 Å². The Bertz CT molecular complexity index is 559. The van der Waals surface area contributed by atoms with E-state index in [1.807, 2.05) is 19.2 Å². The maximum Gasteiger partial charge on any atom is 0.161 e. The molecule has 2 aromatic rings. The van der Waals surface area contributed by atoms with Crippen molar-refractivity contribution < 1.29 is 4.74 Å². The molecule has 102 valence electrons. The van der Waals surface area contributed by atoms with Crippen LogP contribution >= 0.6 is 27.7 Å². The molecule has 0 radical (unpaired) electrons. The molecule has 0 fully saturated rings. The summed E-state index contributed by atoms with van der Waals surface area (Å²) in [4.78, 5) is 1.19. The summed E-state index contributed by atoms with van der Waals surface area (Å²) in [5.41, 5.74) is 7.15. The first-order chi connectivity index (χ1) is 9.11. The molecule has 0 aliphatic rings. The first kappa shape index (κ1) is 14.4. The third kappa shape index (κ3) is 3.52. The second-order valence-corrected chi connectivity index (χ2v) is 6.11. The molecule has 0 bridgehead atoms. The topological polar surface area (TPSA) is 53.1 Å². The predicted molar refractivity (Wildman–Crippen MR) is 81.6 cm³/mol.